The van der Waals surface area contributed by atoms with Crippen LogP contribution in [-0.2, 0) is 25.2 Å². The molecule has 1 aliphatic heterocycles. The summed E-state index contributed by atoms with van der Waals surface area (Å²) < 4.78 is 22.5. The van der Waals surface area contributed by atoms with Crippen molar-refractivity contribution in [2.24, 2.45) is 0 Å². The van der Waals surface area contributed by atoms with E-state index >= 15 is 0 Å². The van der Waals surface area contributed by atoms with Crippen LogP contribution in [0.15, 0.2) is 30.3 Å². The monoisotopic (exact) mass is 366 g/mol. The molecule has 25 heavy (non-hydrogen) atoms. The van der Waals surface area contributed by atoms with E-state index in [1.54, 1.807) is 0 Å². The zero-order valence-corrected chi connectivity index (χ0v) is 16.9. The molecule has 0 saturated carbocycles. The second kappa shape index (κ2) is 8.34. The third kappa shape index (κ3) is 5.83. The molecule has 0 radical (unpaired) electrons. The SMILES string of the molecule is CC(C)(C)[Si](C)(C)OCC1OCCC1OC(=O)OCc1ccccc1. The van der Waals surface area contributed by atoms with E-state index < -0.39 is 14.5 Å². The van der Waals surface area contributed by atoms with E-state index in [9.17, 15) is 4.79 Å². The summed E-state index contributed by atoms with van der Waals surface area (Å²) in [7, 11) is -1.85. The molecule has 0 N–H and O–H groups in total. The van der Waals surface area contributed by atoms with E-state index in [1.165, 1.54) is 0 Å². The molecule has 0 aliphatic carbocycles. The van der Waals surface area contributed by atoms with Crippen LogP contribution in [0.5, 0.6) is 0 Å². The highest BCUT2D eigenvalue weighted by atomic mass is 28.4. The molecular formula is C19H30O5Si. The fourth-order valence-electron chi connectivity index (χ4n) is 2.30. The van der Waals surface area contributed by atoms with Gasteiger partial charge < -0.3 is 18.6 Å². The molecule has 0 spiro atoms. The largest absolute Gasteiger partial charge is 0.508 e. The Hall–Kier alpha value is -1.37. The van der Waals surface area contributed by atoms with Crippen molar-refractivity contribution >= 4 is 14.5 Å². The first-order chi connectivity index (χ1) is 11.7. The van der Waals surface area contributed by atoms with Gasteiger partial charge in [0, 0.05) is 6.42 Å². The highest BCUT2D eigenvalue weighted by Crippen LogP contribution is 2.37. The Morgan fingerprint density at radius 2 is 1.92 bits per heavy atom. The first-order valence-electron chi connectivity index (χ1n) is 8.82. The summed E-state index contributed by atoms with van der Waals surface area (Å²) in [5.41, 5.74) is 0.930. The van der Waals surface area contributed by atoms with Gasteiger partial charge in [-0.2, -0.15) is 0 Å². The lowest BCUT2D eigenvalue weighted by Gasteiger charge is -2.37. The summed E-state index contributed by atoms with van der Waals surface area (Å²) in [6.45, 7) is 12.2. The zero-order valence-electron chi connectivity index (χ0n) is 15.9. The van der Waals surface area contributed by atoms with Gasteiger partial charge in [-0.05, 0) is 23.7 Å². The van der Waals surface area contributed by atoms with Gasteiger partial charge >= 0.3 is 6.16 Å². The molecule has 0 bridgehead atoms. The molecule has 5 nitrogen and oxygen atoms in total. The Morgan fingerprint density at radius 1 is 1.24 bits per heavy atom. The van der Waals surface area contributed by atoms with E-state index in [4.69, 9.17) is 18.6 Å². The summed E-state index contributed by atoms with van der Waals surface area (Å²) in [4.78, 5) is 11.9. The molecule has 1 heterocycles. The summed E-state index contributed by atoms with van der Waals surface area (Å²) in [5.74, 6) is 0. The first kappa shape index (κ1) is 19.9. The predicted molar refractivity (Wildman–Crippen MR) is 99.0 cm³/mol. The number of ether oxygens (including phenoxy) is 3. The van der Waals surface area contributed by atoms with Gasteiger partial charge in [-0.15, -0.1) is 0 Å². The number of hydrogen-bond acceptors (Lipinski definition) is 5. The third-order valence-electron chi connectivity index (χ3n) is 5.01. The average Bonchev–Trinajstić information content (AvgIpc) is 2.98. The lowest BCUT2D eigenvalue weighted by atomic mass is 10.2. The van der Waals surface area contributed by atoms with Crippen LogP contribution in [0.4, 0.5) is 4.79 Å². The minimum Gasteiger partial charge on any atom is -0.429 e. The zero-order chi connectivity index (χ0) is 18.5. The van der Waals surface area contributed by atoms with Crippen LogP contribution < -0.4 is 0 Å². The van der Waals surface area contributed by atoms with Gasteiger partial charge in [0.25, 0.3) is 0 Å². The summed E-state index contributed by atoms with van der Waals surface area (Å²) in [6.07, 6.45) is -0.519. The van der Waals surface area contributed by atoms with Gasteiger partial charge in [0.15, 0.2) is 8.32 Å². The fourth-order valence-corrected chi connectivity index (χ4v) is 3.31. The topological polar surface area (TPSA) is 54.0 Å². The molecule has 2 unspecified atom stereocenters. The van der Waals surface area contributed by atoms with Gasteiger partial charge in [0.1, 0.15) is 18.8 Å². The van der Waals surface area contributed by atoms with Gasteiger partial charge in [0.05, 0.1) is 13.2 Å². The lowest BCUT2D eigenvalue weighted by Crippen LogP contribution is -2.44. The molecule has 1 aromatic rings. The van der Waals surface area contributed by atoms with Crippen LogP contribution in [0, 0.1) is 0 Å². The lowest BCUT2D eigenvalue weighted by molar-refractivity contribution is -0.0293. The van der Waals surface area contributed by atoms with Crippen molar-refractivity contribution in [2.75, 3.05) is 13.2 Å². The van der Waals surface area contributed by atoms with Crippen molar-refractivity contribution in [3.05, 3.63) is 35.9 Å². The summed E-state index contributed by atoms with van der Waals surface area (Å²) >= 11 is 0. The van der Waals surface area contributed by atoms with Crippen molar-refractivity contribution < 1.29 is 23.4 Å². The maximum atomic E-state index is 11.9. The molecule has 1 saturated heterocycles. The third-order valence-corrected chi connectivity index (χ3v) is 9.51. The highest BCUT2D eigenvalue weighted by molar-refractivity contribution is 6.74. The van der Waals surface area contributed by atoms with Crippen LogP contribution >= 0.6 is 0 Å². The van der Waals surface area contributed by atoms with Gasteiger partial charge in [-0.1, -0.05) is 51.1 Å². The van der Waals surface area contributed by atoms with E-state index in [2.05, 4.69) is 33.9 Å². The predicted octanol–water partition coefficient (Wildman–Crippen LogP) is 4.52. The molecule has 6 heteroatoms. The van der Waals surface area contributed by atoms with Crippen molar-refractivity contribution in [3.8, 4) is 0 Å². The molecule has 0 amide bonds. The maximum Gasteiger partial charge on any atom is 0.508 e. The number of carbonyl (C=O) groups is 1. The van der Waals surface area contributed by atoms with Crippen LogP contribution in [0.1, 0.15) is 32.8 Å². The van der Waals surface area contributed by atoms with Crippen molar-refractivity contribution in [3.63, 3.8) is 0 Å². The van der Waals surface area contributed by atoms with Crippen molar-refractivity contribution in [1.29, 1.82) is 0 Å². The Morgan fingerprint density at radius 3 is 2.56 bits per heavy atom. The quantitative estimate of drug-likeness (QED) is 0.547. The molecule has 1 aromatic carbocycles. The van der Waals surface area contributed by atoms with Crippen LogP contribution in [-0.4, -0.2) is 39.9 Å². The molecule has 2 atom stereocenters. The van der Waals surface area contributed by atoms with E-state index in [1.807, 2.05) is 30.3 Å². The summed E-state index contributed by atoms with van der Waals surface area (Å²) in [5, 5.41) is 0.135. The van der Waals surface area contributed by atoms with Crippen molar-refractivity contribution in [2.45, 2.75) is 64.1 Å². The van der Waals surface area contributed by atoms with Crippen LogP contribution in [0.3, 0.4) is 0 Å². The Balaban J connectivity index is 1.79. The Kier molecular flexibility index (Phi) is 6.65. The molecular weight excluding hydrogens is 336 g/mol. The van der Waals surface area contributed by atoms with Gasteiger partial charge in [0.2, 0.25) is 0 Å². The maximum absolute atomic E-state index is 11.9. The highest BCUT2D eigenvalue weighted by Gasteiger charge is 2.40. The van der Waals surface area contributed by atoms with E-state index in [0.717, 1.165) is 5.56 Å². The molecule has 1 aliphatic rings. The molecule has 140 valence electrons. The van der Waals surface area contributed by atoms with Gasteiger partial charge in [-0.25, -0.2) is 4.79 Å². The van der Waals surface area contributed by atoms with E-state index in [0.29, 0.717) is 19.6 Å². The standard InChI is InChI=1S/C19H30O5Si/c1-19(2,3)25(4,5)23-14-17-16(11-12-21-17)24-18(20)22-13-15-9-7-6-8-10-15/h6-10,16-17H,11-14H2,1-5H3. The Bertz CT molecular complexity index is 553. The number of hydrogen-bond donors (Lipinski definition) is 0. The minimum atomic E-state index is -1.85. The second-order valence-corrected chi connectivity index (χ2v) is 12.8. The normalized spacial score (nSPS) is 21.2. The fraction of sp³-hybridized carbons (Fsp3) is 0.632. The van der Waals surface area contributed by atoms with E-state index in [-0.39, 0.29) is 23.9 Å². The molecule has 2 rings (SSSR count). The number of benzene rings is 1. The number of rotatable bonds is 6. The average molecular weight is 367 g/mol. The van der Waals surface area contributed by atoms with Crippen LogP contribution in [0.25, 0.3) is 0 Å². The number of carbonyl (C=O) groups excluding carboxylic acids is 1. The van der Waals surface area contributed by atoms with Gasteiger partial charge in [-0.3, -0.25) is 0 Å². The minimum absolute atomic E-state index is 0.135. The first-order valence-corrected chi connectivity index (χ1v) is 11.7. The molecule has 1 fully saturated rings. The second-order valence-electron chi connectivity index (χ2n) is 7.95. The van der Waals surface area contributed by atoms with Crippen molar-refractivity contribution in [1.82, 2.24) is 0 Å². The smallest absolute Gasteiger partial charge is 0.429 e. The summed E-state index contributed by atoms with van der Waals surface area (Å²) in [6, 6.07) is 9.54. The van der Waals surface area contributed by atoms with Crippen LogP contribution in [0.2, 0.25) is 18.1 Å². The Labute approximate surface area is 151 Å². The molecule has 0 aromatic heterocycles.